The summed E-state index contributed by atoms with van der Waals surface area (Å²) in [6.07, 6.45) is -3.22. The van der Waals surface area contributed by atoms with Crippen LogP contribution in [0.1, 0.15) is 37.3 Å². The number of piperazine rings is 1. The first-order valence-corrected chi connectivity index (χ1v) is 13.5. The molecular formula is C25H31F3N2O3S. The zero-order chi connectivity index (χ0) is 24.6. The Kier molecular flexibility index (Phi) is 6.99. The predicted octanol–water partition coefficient (Wildman–Crippen LogP) is 4.44. The average molecular weight is 497 g/mol. The van der Waals surface area contributed by atoms with Crippen LogP contribution in [0.15, 0.2) is 59.5 Å². The fourth-order valence-electron chi connectivity index (χ4n) is 5.13. The number of sulfone groups is 1. The van der Waals surface area contributed by atoms with Crippen molar-refractivity contribution in [2.75, 3.05) is 37.3 Å². The van der Waals surface area contributed by atoms with Crippen molar-refractivity contribution in [3.05, 3.63) is 60.2 Å². The largest absolute Gasteiger partial charge is 0.417 e. The van der Waals surface area contributed by atoms with E-state index < -0.39 is 21.6 Å². The fourth-order valence-corrected chi connectivity index (χ4v) is 5.79. The topological polar surface area (TPSA) is 60.9 Å². The van der Waals surface area contributed by atoms with E-state index >= 15 is 0 Å². The Hall–Kier alpha value is -2.10. The number of rotatable bonds is 5. The summed E-state index contributed by atoms with van der Waals surface area (Å²) in [4.78, 5) is 4.78. The molecule has 2 fully saturated rings. The summed E-state index contributed by atoms with van der Waals surface area (Å²) in [5.41, 5.74) is -0.600. The Labute approximate surface area is 199 Å². The van der Waals surface area contributed by atoms with Gasteiger partial charge in [-0.15, -0.1) is 0 Å². The Balaban J connectivity index is 1.50. The molecule has 2 aromatic rings. The quantitative estimate of drug-likeness (QED) is 0.664. The van der Waals surface area contributed by atoms with Gasteiger partial charge in [0, 0.05) is 38.1 Å². The van der Waals surface area contributed by atoms with Crippen molar-refractivity contribution in [1.82, 2.24) is 4.90 Å². The van der Waals surface area contributed by atoms with Crippen LogP contribution in [0, 0.1) is 5.92 Å². The minimum absolute atomic E-state index is 0.0280. The van der Waals surface area contributed by atoms with Gasteiger partial charge in [-0.05, 0) is 55.4 Å². The molecule has 9 heteroatoms. The van der Waals surface area contributed by atoms with Crippen LogP contribution in [0.3, 0.4) is 0 Å². The second-order valence-corrected chi connectivity index (χ2v) is 11.6. The smallest absolute Gasteiger partial charge is 0.380 e. The van der Waals surface area contributed by atoms with Gasteiger partial charge < -0.3 is 10.0 Å². The second-order valence-electron chi connectivity index (χ2n) is 9.61. The van der Waals surface area contributed by atoms with Gasteiger partial charge in [-0.2, -0.15) is 13.2 Å². The van der Waals surface area contributed by atoms with E-state index in [-0.39, 0.29) is 29.7 Å². The molecule has 0 radical (unpaired) electrons. The molecule has 4 rings (SSSR count). The highest BCUT2D eigenvalue weighted by Gasteiger charge is 2.54. The third kappa shape index (κ3) is 5.42. The zero-order valence-electron chi connectivity index (χ0n) is 19.2. The van der Waals surface area contributed by atoms with Crippen LogP contribution in [-0.4, -0.2) is 62.6 Å². The molecule has 2 aliphatic rings. The van der Waals surface area contributed by atoms with Crippen molar-refractivity contribution in [2.45, 2.75) is 48.4 Å². The summed E-state index contributed by atoms with van der Waals surface area (Å²) in [6.45, 7) is 2.72. The maximum Gasteiger partial charge on any atom is 0.417 e. The Morgan fingerprint density at radius 1 is 1.03 bits per heavy atom. The van der Waals surface area contributed by atoms with E-state index in [0.717, 1.165) is 11.3 Å². The molecule has 0 aromatic heterocycles. The third-order valence-electron chi connectivity index (χ3n) is 7.24. The van der Waals surface area contributed by atoms with Gasteiger partial charge in [0.05, 0.1) is 10.9 Å². The second kappa shape index (κ2) is 9.51. The average Bonchev–Trinajstić information content (AvgIpc) is 2.80. The van der Waals surface area contributed by atoms with Gasteiger partial charge >= 0.3 is 6.18 Å². The lowest BCUT2D eigenvalue weighted by Gasteiger charge is -2.45. The number of hydrogen-bond acceptors (Lipinski definition) is 5. The molecule has 0 amide bonds. The summed E-state index contributed by atoms with van der Waals surface area (Å²) in [6, 6.07) is 17.0. The molecule has 1 aliphatic heterocycles. The molecule has 1 aliphatic carbocycles. The van der Waals surface area contributed by atoms with E-state index in [1.165, 1.54) is 6.26 Å². The van der Waals surface area contributed by atoms with Crippen molar-refractivity contribution < 1.29 is 26.7 Å². The van der Waals surface area contributed by atoms with Crippen molar-refractivity contribution in [1.29, 1.82) is 0 Å². The maximum atomic E-state index is 13.2. The van der Waals surface area contributed by atoms with E-state index in [2.05, 4.69) is 21.9 Å². The van der Waals surface area contributed by atoms with Crippen molar-refractivity contribution in [3.63, 3.8) is 0 Å². The lowest BCUT2D eigenvalue weighted by Crippen LogP contribution is -2.52. The summed E-state index contributed by atoms with van der Waals surface area (Å²) < 4.78 is 63.6. The van der Waals surface area contributed by atoms with Crippen molar-refractivity contribution >= 4 is 15.5 Å². The Bertz CT molecular complexity index is 1080. The molecule has 2 aromatic carbocycles. The molecular weight excluding hydrogens is 465 g/mol. The predicted molar refractivity (Wildman–Crippen MR) is 125 cm³/mol. The first-order valence-electron chi connectivity index (χ1n) is 11.6. The molecule has 1 saturated carbocycles. The van der Waals surface area contributed by atoms with Gasteiger partial charge in [0.1, 0.15) is 0 Å². The van der Waals surface area contributed by atoms with Crippen molar-refractivity contribution in [3.8, 4) is 0 Å². The van der Waals surface area contributed by atoms with Gasteiger partial charge in [0.25, 0.3) is 0 Å². The van der Waals surface area contributed by atoms with Gasteiger partial charge in [-0.3, -0.25) is 4.90 Å². The minimum atomic E-state index is -4.59. The molecule has 1 heterocycles. The van der Waals surface area contributed by atoms with Gasteiger partial charge in [0.15, 0.2) is 15.4 Å². The first-order chi connectivity index (χ1) is 16.0. The number of aliphatic hydroxyl groups is 1. The number of halogens is 3. The molecule has 34 heavy (non-hydrogen) atoms. The first kappa shape index (κ1) is 25.0. The standard InChI is InChI=1S/C25H31F3N2O3S/c1-34(32,33)22-9-5-8-21(16-22)29-14-15-30(23(18-29)20-6-3-2-4-7-20)17-19-10-12-24(31,13-11-19)25(26,27)28/h2-9,16,19,23,31H,10-15,17-18H2,1H3/t19?,23-,24?/m1/s1. The summed E-state index contributed by atoms with van der Waals surface area (Å²) in [5, 5.41) is 10.0. The molecule has 0 spiro atoms. The highest BCUT2D eigenvalue weighted by atomic mass is 32.2. The van der Waals surface area contributed by atoms with E-state index in [9.17, 15) is 26.7 Å². The van der Waals surface area contributed by atoms with Crippen LogP contribution in [0.5, 0.6) is 0 Å². The highest BCUT2D eigenvalue weighted by Crippen LogP contribution is 2.44. The number of benzene rings is 2. The summed E-state index contributed by atoms with van der Waals surface area (Å²) in [5.74, 6) is 0.0916. The van der Waals surface area contributed by atoms with E-state index in [4.69, 9.17) is 0 Å². The van der Waals surface area contributed by atoms with Gasteiger partial charge in [-0.25, -0.2) is 8.42 Å². The van der Waals surface area contributed by atoms with Crippen LogP contribution >= 0.6 is 0 Å². The normalized spacial score (nSPS) is 27.0. The molecule has 0 bridgehead atoms. The zero-order valence-corrected chi connectivity index (χ0v) is 20.0. The fraction of sp³-hybridized carbons (Fsp3) is 0.520. The van der Waals surface area contributed by atoms with Crippen molar-refractivity contribution in [2.24, 2.45) is 5.92 Å². The highest BCUT2D eigenvalue weighted by molar-refractivity contribution is 7.90. The van der Waals surface area contributed by atoms with Crippen LogP contribution in [0.4, 0.5) is 18.9 Å². The van der Waals surface area contributed by atoms with Crippen LogP contribution in [0.2, 0.25) is 0 Å². The van der Waals surface area contributed by atoms with Crippen LogP contribution < -0.4 is 4.90 Å². The number of alkyl halides is 3. The molecule has 1 saturated heterocycles. The van der Waals surface area contributed by atoms with E-state index in [0.29, 0.717) is 39.0 Å². The van der Waals surface area contributed by atoms with Gasteiger partial charge in [-0.1, -0.05) is 36.4 Å². The van der Waals surface area contributed by atoms with E-state index in [1.807, 2.05) is 24.3 Å². The van der Waals surface area contributed by atoms with Crippen LogP contribution in [0.25, 0.3) is 0 Å². The lowest BCUT2D eigenvalue weighted by molar-refractivity contribution is -0.272. The minimum Gasteiger partial charge on any atom is -0.380 e. The molecule has 1 atom stereocenters. The van der Waals surface area contributed by atoms with Crippen LogP contribution in [-0.2, 0) is 9.84 Å². The van der Waals surface area contributed by atoms with E-state index in [1.54, 1.807) is 18.2 Å². The van der Waals surface area contributed by atoms with Gasteiger partial charge in [0.2, 0.25) is 0 Å². The monoisotopic (exact) mass is 496 g/mol. The Morgan fingerprint density at radius 3 is 2.32 bits per heavy atom. The Morgan fingerprint density at radius 2 is 1.71 bits per heavy atom. The molecule has 0 unspecified atom stereocenters. The number of nitrogens with zero attached hydrogens (tertiary/aromatic N) is 2. The summed E-state index contributed by atoms with van der Waals surface area (Å²) >= 11 is 0. The molecule has 5 nitrogen and oxygen atoms in total. The SMILES string of the molecule is CS(=O)(=O)c1cccc(N2CCN(CC3CCC(O)(C(F)(F)F)CC3)[C@@H](c3ccccc3)C2)c1. The molecule has 186 valence electrons. The molecule has 1 N–H and O–H groups in total. The number of anilines is 1. The maximum absolute atomic E-state index is 13.2. The number of hydrogen-bond donors (Lipinski definition) is 1. The lowest BCUT2D eigenvalue weighted by atomic mass is 9.78. The summed E-state index contributed by atoms with van der Waals surface area (Å²) in [7, 11) is -3.32. The third-order valence-corrected chi connectivity index (χ3v) is 8.35.